The zero-order valence-corrected chi connectivity index (χ0v) is 35.9. The fraction of sp³-hybridized carbons (Fsp3) is 0.319. The molecular weight excluding hydrogens is 798 g/mol. The maximum absolute atomic E-state index is 13.8. The summed E-state index contributed by atoms with van der Waals surface area (Å²) in [6.45, 7) is 7.72. The molecule has 4 aromatic carbocycles. The summed E-state index contributed by atoms with van der Waals surface area (Å²) in [5, 5.41) is 6.75. The monoisotopic (exact) mass is 851 g/mol. The van der Waals surface area contributed by atoms with Crippen LogP contribution in [0.5, 0.6) is 11.5 Å². The van der Waals surface area contributed by atoms with Crippen molar-refractivity contribution in [3.63, 3.8) is 0 Å². The molecule has 0 aliphatic carbocycles. The highest BCUT2D eigenvalue weighted by Crippen LogP contribution is 2.44. The van der Waals surface area contributed by atoms with Crippen molar-refractivity contribution in [3.05, 3.63) is 138 Å². The Balaban J connectivity index is 1.23. The van der Waals surface area contributed by atoms with E-state index in [1.54, 1.807) is 62.1 Å². The summed E-state index contributed by atoms with van der Waals surface area (Å²) in [4.78, 5) is 58.7. The first kappa shape index (κ1) is 45.9. The summed E-state index contributed by atoms with van der Waals surface area (Å²) in [7, 11) is -3.31. The molecule has 1 unspecified atom stereocenters. The summed E-state index contributed by atoms with van der Waals surface area (Å²) >= 11 is 0. The average Bonchev–Trinajstić information content (AvgIpc) is 3.79. The van der Waals surface area contributed by atoms with Crippen LogP contribution >= 0.6 is 7.37 Å². The third kappa shape index (κ3) is 13.2. The molecule has 1 aromatic heterocycles. The zero-order valence-electron chi connectivity index (χ0n) is 35.0. The van der Waals surface area contributed by atoms with E-state index in [-0.39, 0.29) is 37.0 Å². The van der Waals surface area contributed by atoms with Crippen molar-refractivity contribution >= 4 is 36.9 Å². The second kappa shape index (κ2) is 23.0. The Morgan fingerprint density at radius 2 is 1.49 bits per heavy atom. The summed E-state index contributed by atoms with van der Waals surface area (Å²) in [6, 6.07) is 32.9. The van der Waals surface area contributed by atoms with Crippen LogP contribution in [0.25, 0.3) is 11.3 Å². The first-order valence-electron chi connectivity index (χ1n) is 20.5. The lowest BCUT2D eigenvalue weighted by Crippen LogP contribution is -2.49. The van der Waals surface area contributed by atoms with Gasteiger partial charge in [-0.2, -0.15) is 5.06 Å². The lowest BCUT2D eigenvalue weighted by atomic mass is 9.90. The van der Waals surface area contributed by atoms with Crippen LogP contribution in [-0.4, -0.2) is 55.2 Å². The number of rotatable bonds is 24. The van der Waals surface area contributed by atoms with Crippen LogP contribution in [0, 0.1) is 5.92 Å². The van der Waals surface area contributed by atoms with Crippen LogP contribution in [0.3, 0.4) is 0 Å². The number of para-hydroxylation sites is 1. The lowest BCUT2D eigenvalue weighted by Gasteiger charge is -2.32. The zero-order chi connectivity index (χ0) is 43.6. The number of benzene rings is 4. The van der Waals surface area contributed by atoms with Crippen LogP contribution in [0.4, 0.5) is 0 Å². The molecule has 2 N–H and O–H groups in total. The van der Waals surface area contributed by atoms with E-state index < -0.39 is 37.1 Å². The van der Waals surface area contributed by atoms with Crippen molar-refractivity contribution < 1.29 is 47.0 Å². The van der Waals surface area contributed by atoms with E-state index in [4.69, 9.17) is 23.3 Å². The van der Waals surface area contributed by atoms with E-state index in [9.17, 15) is 23.7 Å². The second-order valence-corrected chi connectivity index (χ2v) is 16.8. The molecule has 0 saturated carbocycles. The van der Waals surface area contributed by atoms with Crippen molar-refractivity contribution in [1.29, 1.82) is 0 Å². The van der Waals surface area contributed by atoms with Gasteiger partial charge in [0.25, 0.3) is 5.91 Å². The summed E-state index contributed by atoms with van der Waals surface area (Å²) < 4.78 is 37.3. The van der Waals surface area contributed by atoms with Gasteiger partial charge in [-0.25, -0.2) is 4.79 Å². The third-order valence-electron chi connectivity index (χ3n) is 9.92. The van der Waals surface area contributed by atoms with Gasteiger partial charge in [-0.1, -0.05) is 106 Å². The van der Waals surface area contributed by atoms with E-state index in [1.165, 1.54) is 6.07 Å². The van der Waals surface area contributed by atoms with Gasteiger partial charge in [0.2, 0.25) is 19.7 Å². The maximum atomic E-state index is 13.8. The topological polar surface area (TPSA) is 163 Å². The lowest BCUT2D eigenvalue weighted by molar-refractivity contribution is -0.171. The van der Waals surface area contributed by atoms with Crippen molar-refractivity contribution in [2.24, 2.45) is 5.92 Å². The predicted octanol–water partition coefficient (Wildman–Crippen LogP) is 8.68. The number of unbranched alkanes of at least 4 members (excludes halogenated alkanes) is 2. The molecule has 61 heavy (non-hydrogen) atoms. The molecule has 5 rings (SSSR count). The van der Waals surface area contributed by atoms with Gasteiger partial charge < -0.3 is 33.9 Å². The Morgan fingerprint density at radius 3 is 2.16 bits per heavy atom. The Bertz CT molecular complexity index is 2250. The number of carbonyl (C=O) groups excluding carboxylic acids is 4. The van der Waals surface area contributed by atoms with Gasteiger partial charge in [-0.3, -0.25) is 18.9 Å². The van der Waals surface area contributed by atoms with Crippen LogP contribution in [0.15, 0.2) is 120 Å². The van der Waals surface area contributed by atoms with E-state index in [0.717, 1.165) is 29.0 Å². The predicted molar refractivity (Wildman–Crippen MR) is 232 cm³/mol. The Morgan fingerprint density at radius 1 is 0.803 bits per heavy atom. The van der Waals surface area contributed by atoms with Crippen molar-refractivity contribution in [1.82, 2.24) is 15.7 Å². The van der Waals surface area contributed by atoms with E-state index >= 15 is 0 Å². The molecule has 5 aromatic rings. The maximum Gasteiger partial charge on any atom is 0.366 e. The Labute approximate surface area is 357 Å². The molecule has 0 radical (unpaired) electrons. The highest BCUT2D eigenvalue weighted by molar-refractivity contribution is 7.66. The van der Waals surface area contributed by atoms with E-state index in [0.29, 0.717) is 54.7 Å². The van der Waals surface area contributed by atoms with Gasteiger partial charge >= 0.3 is 5.97 Å². The van der Waals surface area contributed by atoms with Crippen LogP contribution in [0.2, 0.25) is 0 Å². The van der Waals surface area contributed by atoms with E-state index in [1.807, 2.05) is 74.5 Å². The fourth-order valence-corrected chi connectivity index (χ4v) is 7.94. The van der Waals surface area contributed by atoms with Crippen LogP contribution in [-0.2, 0) is 36.7 Å². The minimum Gasteiger partial charge on any atom is -0.494 e. The molecule has 14 heteroatoms. The SMILES string of the molecule is CCCCC[C@@H](C(=O)NCNC(=O)c1ccc(-c2cc(OCC)cc(P(C)(=O)OCc3ccccc3)c2)o1)[C@@H](CC)N(C=O)OC(=O)c1ccccc1OCc1ccccc1. The molecule has 0 fully saturated rings. The Kier molecular flexibility index (Phi) is 17.3. The molecule has 0 aliphatic rings. The average molecular weight is 852 g/mol. The second-order valence-electron chi connectivity index (χ2n) is 14.3. The number of amides is 3. The molecule has 3 amide bonds. The minimum atomic E-state index is -3.31. The van der Waals surface area contributed by atoms with Gasteiger partial charge in [0.05, 0.1) is 31.8 Å². The van der Waals surface area contributed by atoms with Gasteiger partial charge in [0.1, 0.15) is 29.4 Å². The summed E-state index contributed by atoms with van der Waals surface area (Å²) in [6.07, 6.45) is 3.52. The number of carbonyl (C=O) groups is 4. The molecule has 322 valence electrons. The molecule has 0 saturated heterocycles. The van der Waals surface area contributed by atoms with Crippen LogP contribution in [0.1, 0.15) is 84.9 Å². The molecule has 0 aliphatic heterocycles. The number of ether oxygens (including phenoxy) is 2. The van der Waals surface area contributed by atoms with Crippen molar-refractivity contribution in [2.75, 3.05) is 19.9 Å². The number of nitrogens with zero attached hydrogens (tertiary/aromatic N) is 1. The number of hydrogen-bond donors (Lipinski definition) is 2. The number of furan rings is 1. The molecule has 13 nitrogen and oxygen atoms in total. The summed E-state index contributed by atoms with van der Waals surface area (Å²) in [5.74, 6) is -1.56. The van der Waals surface area contributed by atoms with Crippen LogP contribution < -0.4 is 25.4 Å². The highest BCUT2D eigenvalue weighted by atomic mass is 31.2. The normalized spacial score (nSPS) is 12.9. The molecule has 3 atom stereocenters. The first-order chi connectivity index (χ1) is 29.6. The van der Waals surface area contributed by atoms with E-state index in [2.05, 4.69) is 10.6 Å². The fourth-order valence-electron chi connectivity index (χ4n) is 6.66. The number of hydroxylamine groups is 2. The molecule has 0 bridgehead atoms. The smallest absolute Gasteiger partial charge is 0.366 e. The standard InChI is InChI=1S/C47H54N3O10P/c1-5-8-11-22-39(41(6-2)50(33-51)60-47(54)40-23-16-17-24-43(40)57-30-34-18-12-9-13-19-34)45(52)48-32-49-46(53)44-26-25-42(59-44)36-27-37(56-7-3)29-38(28-36)61(4,55)58-31-35-20-14-10-15-21-35/h9-10,12-21,23-29,33,39,41H,5-8,11,22,30-32H2,1-4H3,(H,48,52)(H,49,53)/t39-,41-,61?/m1/s1. The largest absolute Gasteiger partial charge is 0.494 e. The van der Waals surface area contributed by atoms with Gasteiger partial charge in [0.15, 0.2) is 5.76 Å². The quantitative estimate of drug-likeness (QED) is 0.0202. The molecule has 1 heterocycles. The number of hydrogen-bond acceptors (Lipinski definition) is 10. The van der Waals surface area contributed by atoms with Gasteiger partial charge in [0, 0.05) is 17.5 Å². The molecular formula is C47H54N3O10P. The number of nitrogens with one attached hydrogen (secondary N) is 2. The van der Waals surface area contributed by atoms with Gasteiger partial charge in [-0.15, -0.1) is 0 Å². The highest BCUT2D eigenvalue weighted by Gasteiger charge is 2.34. The first-order valence-corrected chi connectivity index (χ1v) is 22.6. The van der Waals surface area contributed by atoms with Crippen molar-refractivity contribution in [2.45, 2.75) is 72.1 Å². The third-order valence-corrected chi connectivity index (χ3v) is 11.7. The van der Waals surface area contributed by atoms with Crippen molar-refractivity contribution in [3.8, 4) is 22.8 Å². The van der Waals surface area contributed by atoms with Gasteiger partial charge in [-0.05, 0) is 73.4 Å². The summed E-state index contributed by atoms with van der Waals surface area (Å²) in [5.41, 5.74) is 2.44. The molecule has 0 spiro atoms. The minimum absolute atomic E-state index is 0.0226. The Hall–Kier alpha value is -6.17.